The van der Waals surface area contributed by atoms with Gasteiger partial charge in [-0.05, 0) is 23.6 Å². The molecule has 0 spiro atoms. The molecule has 1 amide bonds. The van der Waals surface area contributed by atoms with E-state index in [1.807, 2.05) is 60.7 Å². The summed E-state index contributed by atoms with van der Waals surface area (Å²) in [6.07, 6.45) is 5.88. The molecule has 2 N–H and O–H groups in total. The summed E-state index contributed by atoms with van der Waals surface area (Å²) in [6, 6.07) is 10.1. The Morgan fingerprint density at radius 3 is 2.67 bits per heavy atom. The van der Waals surface area contributed by atoms with E-state index >= 15 is 0 Å². The first-order valence-electron chi connectivity index (χ1n) is 10.1. The summed E-state index contributed by atoms with van der Waals surface area (Å²) in [4.78, 5) is 13.0. The SMILES string of the molecule is CC(C)c1nn(-c2ccccc2)cc1CNC(=O)[C@H]1CNC[C@@H]1c1cnn(C)c1.Cl. The summed E-state index contributed by atoms with van der Waals surface area (Å²) >= 11 is 0. The van der Waals surface area contributed by atoms with E-state index in [0.29, 0.717) is 13.1 Å². The van der Waals surface area contributed by atoms with Gasteiger partial charge < -0.3 is 10.6 Å². The molecule has 3 aromatic rings. The molecule has 30 heavy (non-hydrogen) atoms. The molecule has 8 heteroatoms. The zero-order valence-electron chi connectivity index (χ0n) is 17.6. The summed E-state index contributed by atoms with van der Waals surface area (Å²) in [5.41, 5.74) is 4.20. The Hall–Kier alpha value is -2.64. The van der Waals surface area contributed by atoms with Crippen LogP contribution in [0.3, 0.4) is 0 Å². The maximum Gasteiger partial charge on any atom is 0.225 e. The van der Waals surface area contributed by atoms with E-state index in [-0.39, 0.29) is 36.1 Å². The maximum absolute atomic E-state index is 13.0. The Bertz CT molecular complexity index is 981. The minimum absolute atomic E-state index is 0. The third-order valence-corrected chi connectivity index (χ3v) is 5.55. The van der Waals surface area contributed by atoms with E-state index in [2.05, 4.69) is 29.6 Å². The number of hydrogen-bond donors (Lipinski definition) is 2. The highest BCUT2D eigenvalue weighted by molar-refractivity contribution is 5.85. The second kappa shape index (κ2) is 9.45. The number of amides is 1. The van der Waals surface area contributed by atoms with Crippen molar-refractivity contribution in [2.24, 2.45) is 13.0 Å². The largest absolute Gasteiger partial charge is 0.352 e. The lowest BCUT2D eigenvalue weighted by Crippen LogP contribution is -2.34. The Morgan fingerprint density at radius 1 is 1.23 bits per heavy atom. The quantitative estimate of drug-likeness (QED) is 0.633. The summed E-state index contributed by atoms with van der Waals surface area (Å²) in [5.74, 6) is 0.417. The third kappa shape index (κ3) is 4.57. The zero-order valence-corrected chi connectivity index (χ0v) is 18.4. The van der Waals surface area contributed by atoms with Crippen LogP contribution < -0.4 is 10.6 Å². The normalized spacial score (nSPS) is 18.4. The van der Waals surface area contributed by atoms with Crippen LogP contribution in [0, 0.1) is 5.92 Å². The number of rotatable bonds is 6. The molecule has 0 saturated carbocycles. The van der Waals surface area contributed by atoms with Crippen molar-refractivity contribution in [1.82, 2.24) is 30.2 Å². The molecular weight excluding hydrogens is 400 g/mol. The monoisotopic (exact) mass is 428 g/mol. The van der Waals surface area contributed by atoms with Crippen LogP contribution in [0.15, 0.2) is 48.9 Å². The topological polar surface area (TPSA) is 76.8 Å². The van der Waals surface area contributed by atoms with Crippen molar-refractivity contribution in [2.75, 3.05) is 13.1 Å². The molecule has 7 nitrogen and oxygen atoms in total. The predicted molar refractivity (Wildman–Crippen MR) is 119 cm³/mol. The molecule has 0 bridgehead atoms. The smallest absolute Gasteiger partial charge is 0.225 e. The summed E-state index contributed by atoms with van der Waals surface area (Å²) in [7, 11) is 1.90. The average Bonchev–Trinajstić information content (AvgIpc) is 3.45. The number of carbonyl (C=O) groups excluding carboxylic acids is 1. The van der Waals surface area contributed by atoms with Crippen LogP contribution in [0.25, 0.3) is 5.69 Å². The van der Waals surface area contributed by atoms with Gasteiger partial charge in [-0.3, -0.25) is 9.48 Å². The number of aromatic nitrogens is 4. The van der Waals surface area contributed by atoms with Gasteiger partial charge in [0.15, 0.2) is 0 Å². The Kier molecular flexibility index (Phi) is 6.95. The van der Waals surface area contributed by atoms with Crippen LogP contribution in [0.4, 0.5) is 0 Å². The van der Waals surface area contributed by atoms with Crippen LogP contribution >= 0.6 is 12.4 Å². The van der Waals surface area contributed by atoms with Gasteiger partial charge in [0.25, 0.3) is 0 Å². The van der Waals surface area contributed by atoms with Crippen LogP contribution in [-0.2, 0) is 18.4 Å². The molecule has 3 heterocycles. The van der Waals surface area contributed by atoms with Gasteiger partial charge in [-0.1, -0.05) is 32.0 Å². The second-order valence-corrected chi connectivity index (χ2v) is 8.01. The van der Waals surface area contributed by atoms with Gasteiger partial charge in [0.05, 0.1) is 23.5 Å². The van der Waals surface area contributed by atoms with Gasteiger partial charge in [-0.25, -0.2) is 4.68 Å². The molecule has 1 aliphatic rings. The predicted octanol–water partition coefficient (Wildman–Crippen LogP) is 2.77. The molecule has 1 aliphatic heterocycles. The highest BCUT2D eigenvalue weighted by Crippen LogP contribution is 2.28. The Balaban J connectivity index is 0.00000256. The molecule has 4 rings (SSSR count). The van der Waals surface area contributed by atoms with Crippen molar-refractivity contribution in [3.05, 3.63) is 65.7 Å². The minimum Gasteiger partial charge on any atom is -0.352 e. The number of carbonyl (C=O) groups is 1. The zero-order chi connectivity index (χ0) is 20.4. The van der Waals surface area contributed by atoms with Crippen molar-refractivity contribution in [3.63, 3.8) is 0 Å². The third-order valence-electron chi connectivity index (χ3n) is 5.55. The van der Waals surface area contributed by atoms with E-state index < -0.39 is 0 Å². The van der Waals surface area contributed by atoms with E-state index in [4.69, 9.17) is 5.10 Å². The second-order valence-electron chi connectivity index (χ2n) is 8.01. The lowest BCUT2D eigenvalue weighted by atomic mass is 9.90. The number of halogens is 1. The highest BCUT2D eigenvalue weighted by Gasteiger charge is 2.34. The summed E-state index contributed by atoms with van der Waals surface area (Å²) in [5, 5.41) is 15.5. The number of aryl methyl sites for hydroxylation is 1. The molecule has 1 aromatic carbocycles. The van der Waals surface area contributed by atoms with Gasteiger partial charge >= 0.3 is 0 Å². The molecule has 2 aromatic heterocycles. The van der Waals surface area contributed by atoms with Crippen molar-refractivity contribution in [1.29, 1.82) is 0 Å². The Morgan fingerprint density at radius 2 is 2.00 bits per heavy atom. The number of nitrogens with one attached hydrogen (secondary N) is 2. The molecule has 160 valence electrons. The van der Waals surface area contributed by atoms with E-state index in [1.165, 1.54) is 0 Å². The number of para-hydroxylation sites is 1. The van der Waals surface area contributed by atoms with Gasteiger partial charge in [0.2, 0.25) is 5.91 Å². The van der Waals surface area contributed by atoms with Crippen LogP contribution in [0.5, 0.6) is 0 Å². The van der Waals surface area contributed by atoms with Crippen molar-refractivity contribution in [3.8, 4) is 5.69 Å². The van der Waals surface area contributed by atoms with Gasteiger partial charge in [0.1, 0.15) is 0 Å². The molecule has 2 atom stereocenters. The fraction of sp³-hybridized carbons (Fsp3) is 0.409. The van der Waals surface area contributed by atoms with Crippen molar-refractivity contribution < 1.29 is 4.79 Å². The molecule has 1 saturated heterocycles. The molecule has 0 aliphatic carbocycles. The first kappa shape index (κ1) is 22.1. The first-order valence-corrected chi connectivity index (χ1v) is 10.1. The molecule has 1 fully saturated rings. The lowest BCUT2D eigenvalue weighted by molar-refractivity contribution is -0.125. The standard InChI is InChI=1S/C22H28N6O.ClH/c1-15(2)21-17(14-28(26-21)18-7-5-4-6-8-18)9-24-22(29)20-12-23-11-19(20)16-10-25-27(3)13-16;/h4-8,10,13-15,19-20,23H,9,11-12H2,1-3H3,(H,24,29);1H/t19-,20+;/m1./s1. The highest BCUT2D eigenvalue weighted by atomic mass is 35.5. The molecular formula is C22H29ClN6O. The van der Waals surface area contributed by atoms with Gasteiger partial charge in [-0.15, -0.1) is 12.4 Å². The van der Waals surface area contributed by atoms with Gasteiger partial charge in [0, 0.05) is 50.6 Å². The lowest BCUT2D eigenvalue weighted by Gasteiger charge is -2.17. The van der Waals surface area contributed by atoms with Crippen molar-refractivity contribution in [2.45, 2.75) is 32.2 Å². The fourth-order valence-electron chi connectivity index (χ4n) is 4.01. The van der Waals surface area contributed by atoms with E-state index in [9.17, 15) is 4.79 Å². The minimum atomic E-state index is -0.0918. The van der Waals surface area contributed by atoms with Gasteiger partial charge in [-0.2, -0.15) is 10.2 Å². The number of benzene rings is 1. The van der Waals surface area contributed by atoms with E-state index in [0.717, 1.165) is 29.1 Å². The Labute approximate surface area is 183 Å². The average molecular weight is 429 g/mol. The molecule has 0 unspecified atom stereocenters. The van der Waals surface area contributed by atoms with Crippen LogP contribution in [-0.4, -0.2) is 38.6 Å². The van der Waals surface area contributed by atoms with Crippen LogP contribution in [0.1, 0.15) is 42.5 Å². The fourth-order valence-corrected chi connectivity index (χ4v) is 4.01. The summed E-state index contributed by atoms with van der Waals surface area (Å²) < 4.78 is 3.68. The number of nitrogens with zero attached hydrogens (tertiary/aromatic N) is 4. The molecule has 0 radical (unpaired) electrons. The van der Waals surface area contributed by atoms with E-state index in [1.54, 1.807) is 4.68 Å². The maximum atomic E-state index is 13.0. The van der Waals surface area contributed by atoms with Crippen molar-refractivity contribution >= 4 is 18.3 Å². The first-order chi connectivity index (χ1) is 14.0. The summed E-state index contributed by atoms with van der Waals surface area (Å²) in [6.45, 7) is 6.22. The van der Waals surface area contributed by atoms with Crippen LogP contribution in [0.2, 0.25) is 0 Å². The number of hydrogen-bond acceptors (Lipinski definition) is 4.